The smallest absolute Gasteiger partial charge is 0.341 e. The maximum Gasteiger partial charge on any atom is 0.341 e. The minimum atomic E-state index is -0.408. The third-order valence-corrected chi connectivity index (χ3v) is 4.83. The van der Waals surface area contributed by atoms with Gasteiger partial charge in [0, 0.05) is 12.4 Å². The zero-order valence-electron chi connectivity index (χ0n) is 15.2. The molecule has 0 amide bonds. The first-order chi connectivity index (χ1) is 13.3. The minimum absolute atomic E-state index is 0.0339. The third-order valence-electron chi connectivity index (χ3n) is 4.83. The van der Waals surface area contributed by atoms with Crippen LogP contribution in [-0.4, -0.2) is 22.5 Å². The molecule has 0 fully saturated rings. The summed E-state index contributed by atoms with van der Waals surface area (Å²) in [6.45, 7) is 2.10. The van der Waals surface area contributed by atoms with Crippen molar-refractivity contribution < 1.29 is 9.53 Å². The molecule has 2 aromatic carbocycles. The first-order valence-corrected chi connectivity index (χ1v) is 9.17. The zero-order valence-corrected chi connectivity index (χ0v) is 15.2. The maximum absolute atomic E-state index is 11.8. The summed E-state index contributed by atoms with van der Waals surface area (Å²) in [4.78, 5) is 20.5. The van der Waals surface area contributed by atoms with Crippen LogP contribution in [0.3, 0.4) is 0 Å². The number of ether oxygens (including phenoxy) is 1. The molecule has 0 unspecified atom stereocenters. The molecule has 1 N–H and O–H groups in total. The lowest BCUT2D eigenvalue weighted by Crippen LogP contribution is -2.16. The molecule has 5 heteroatoms. The fourth-order valence-corrected chi connectivity index (χ4v) is 3.53. The average Bonchev–Trinajstić information content (AvgIpc) is 2.86. The number of carbonyl (C=O) groups excluding carboxylic acids is 1. The number of carbonyl (C=O) groups is 1. The van der Waals surface area contributed by atoms with Crippen LogP contribution in [-0.2, 0) is 17.6 Å². The molecule has 0 spiro atoms. The van der Waals surface area contributed by atoms with Crippen molar-refractivity contribution in [1.29, 1.82) is 0 Å². The third kappa shape index (κ3) is 3.53. The van der Waals surface area contributed by atoms with Crippen LogP contribution < -0.4 is 5.32 Å². The van der Waals surface area contributed by atoms with Gasteiger partial charge in [-0.2, -0.15) is 0 Å². The number of nitrogens with one attached hydrogen (secondary N) is 1. The van der Waals surface area contributed by atoms with E-state index >= 15 is 0 Å². The van der Waals surface area contributed by atoms with Gasteiger partial charge in [-0.15, -0.1) is 0 Å². The Labute approximate surface area is 158 Å². The SMILES string of the molecule is CCOC(=O)c1cnc(NC2c3ccccc3CCc3ccccc32)nc1. The van der Waals surface area contributed by atoms with Crippen molar-refractivity contribution in [3.05, 3.63) is 88.7 Å². The van der Waals surface area contributed by atoms with E-state index in [1.807, 2.05) is 0 Å². The molecule has 0 saturated carbocycles. The number of aromatic nitrogens is 2. The highest BCUT2D eigenvalue weighted by Gasteiger charge is 2.24. The number of hydrogen-bond donors (Lipinski definition) is 1. The number of anilines is 1. The summed E-state index contributed by atoms with van der Waals surface area (Å²) >= 11 is 0. The number of esters is 1. The molecule has 1 aromatic heterocycles. The van der Waals surface area contributed by atoms with E-state index < -0.39 is 5.97 Å². The fraction of sp³-hybridized carbons (Fsp3) is 0.227. The second kappa shape index (κ2) is 7.58. The molecule has 0 aliphatic heterocycles. The van der Waals surface area contributed by atoms with Gasteiger partial charge in [-0.25, -0.2) is 14.8 Å². The van der Waals surface area contributed by atoms with E-state index in [0.717, 1.165) is 12.8 Å². The lowest BCUT2D eigenvalue weighted by Gasteiger charge is -2.21. The van der Waals surface area contributed by atoms with Crippen LogP contribution in [0.5, 0.6) is 0 Å². The van der Waals surface area contributed by atoms with E-state index in [0.29, 0.717) is 18.1 Å². The van der Waals surface area contributed by atoms with Gasteiger partial charge in [-0.1, -0.05) is 48.5 Å². The highest BCUT2D eigenvalue weighted by atomic mass is 16.5. The fourth-order valence-electron chi connectivity index (χ4n) is 3.53. The van der Waals surface area contributed by atoms with Crippen LogP contribution in [0.1, 0.15) is 45.6 Å². The summed E-state index contributed by atoms with van der Waals surface area (Å²) < 4.78 is 4.99. The summed E-state index contributed by atoms with van der Waals surface area (Å²) in [5.74, 6) is 0.0776. The zero-order chi connectivity index (χ0) is 18.6. The first-order valence-electron chi connectivity index (χ1n) is 9.17. The highest BCUT2D eigenvalue weighted by Crippen LogP contribution is 2.34. The molecule has 0 atom stereocenters. The largest absolute Gasteiger partial charge is 0.462 e. The first kappa shape index (κ1) is 17.2. The maximum atomic E-state index is 11.8. The number of hydrogen-bond acceptors (Lipinski definition) is 5. The quantitative estimate of drug-likeness (QED) is 0.715. The number of benzene rings is 2. The van der Waals surface area contributed by atoms with Crippen LogP contribution in [0, 0.1) is 0 Å². The Kier molecular flexibility index (Phi) is 4.83. The molecular formula is C22H21N3O2. The van der Waals surface area contributed by atoms with Crippen molar-refractivity contribution in [1.82, 2.24) is 9.97 Å². The van der Waals surface area contributed by atoms with Gasteiger partial charge in [0.25, 0.3) is 0 Å². The van der Waals surface area contributed by atoms with Crippen molar-refractivity contribution >= 4 is 11.9 Å². The van der Waals surface area contributed by atoms with E-state index in [9.17, 15) is 4.79 Å². The number of rotatable bonds is 4. The van der Waals surface area contributed by atoms with Gasteiger partial charge in [0.2, 0.25) is 5.95 Å². The minimum Gasteiger partial charge on any atom is -0.462 e. The second-order valence-corrected chi connectivity index (χ2v) is 6.49. The Bertz CT molecular complexity index is 906. The molecule has 27 heavy (non-hydrogen) atoms. The Morgan fingerprint density at radius 2 is 1.56 bits per heavy atom. The normalized spacial score (nSPS) is 13.2. The van der Waals surface area contributed by atoms with E-state index in [1.165, 1.54) is 34.6 Å². The predicted molar refractivity (Wildman–Crippen MR) is 104 cm³/mol. The Morgan fingerprint density at radius 3 is 2.11 bits per heavy atom. The molecule has 5 nitrogen and oxygen atoms in total. The lowest BCUT2D eigenvalue weighted by molar-refractivity contribution is 0.0525. The van der Waals surface area contributed by atoms with E-state index in [-0.39, 0.29) is 6.04 Å². The van der Waals surface area contributed by atoms with Crippen LogP contribution in [0.15, 0.2) is 60.9 Å². The summed E-state index contributed by atoms with van der Waals surface area (Å²) in [6, 6.07) is 16.9. The van der Waals surface area contributed by atoms with E-state index in [4.69, 9.17) is 4.74 Å². The monoisotopic (exact) mass is 359 g/mol. The Hall–Kier alpha value is -3.21. The molecule has 136 valence electrons. The van der Waals surface area contributed by atoms with Gasteiger partial charge in [-0.3, -0.25) is 0 Å². The predicted octanol–water partition coefficient (Wildman–Crippen LogP) is 3.95. The van der Waals surface area contributed by atoms with Crippen LogP contribution in [0.25, 0.3) is 0 Å². The van der Waals surface area contributed by atoms with Crippen molar-refractivity contribution in [3.63, 3.8) is 0 Å². The molecular weight excluding hydrogens is 338 g/mol. The molecule has 4 rings (SSSR count). The van der Waals surface area contributed by atoms with Crippen molar-refractivity contribution in [2.24, 2.45) is 0 Å². The van der Waals surface area contributed by atoms with Crippen molar-refractivity contribution in [2.45, 2.75) is 25.8 Å². The summed E-state index contributed by atoms with van der Waals surface area (Å²) in [5.41, 5.74) is 5.48. The summed E-state index contributed by atoms with van der Waals surface area (Å²) in [6.07, 6.45) is 5.02. The van der Waals surface area contributed by atoms with Gasteiger partial charge in [-0.05, 0) is 42.0 Å². The summed E-state index contributed by atoms with van der Waals surface area (Å²) in [5, 5.41) is 3.46. The van der Waals surface area contributed by atoms with Gasteiger partial charge >= 0.3 is 5.97 Å². The van der Waals surface area contributed by atoms with Crippen molar-refractivity contribution in [3.8, 4) is 0 Å². The number of aryl methyl sites for hydroxylation is 2. The van der Waals surface area contributed by atoms with Gasteiger partial charge in [0.05, 0.1) is 18.2 Å². The lowest BCUT2D eigenvalue weighted by atomic mass is 9.95. The van der Waals surface area contributed by atoms with Gasteiger partial charge < -0.3 is 10.1 Å². The molecule has 1 aliphatic rings. The van der Waals surface area contributed by atoms with E-state index in [1.54, 1.807) is 6.92 Å². The average molecular weight is 359 g/mol. The molecule has 1 heterocycles. The van der Waals surface area contributed by atoms with Gasteiger partial charge in [0.15, 0.2) is 0 Å². The van der Waals surface area contributed by atoms with Crippen LogP contribution in [0.4, 0.5) is 5.95 Å². The van der Waals surface area contributed by atoms with Gasteiger partial charge in [0.1, 0.15) is 0 Å². The molecule has 0 radical (unpaired) electrons. The second-order valence-electron chi connectivity index (χ2n) is 6.49. The summed E-state index contributed by atoms with van der Waals surface area (Å²) in [7, 11) is 0. The molecule has 1 aliphatic carbocycles. The molecule has 0 bridgehead atoms. The Balaban J connectivity index is 1.68. The Morgan fingerprint density at radius 1 is 1.00 bits per heavy atom. The number of nitrogens with zero attached hydrogens (tertiary/aromatic N) is 2. The van der Waals surface area contributed by atoms with Crippen LogP contribution >= 0.6 is 0 Å². The molecule has 3 aromatic rings. The standard InChI is InChI=1S/C22H21N3O2/c1-2-27-21(26)17-13-23-22(24-14-17)25-20-18-9-5-3-7-15(18)11-12-16-8-4-6-10-19(16)20/h3-10,13-14,20H,2,11-12H2,1H3,(H,23,24,25). The highest BCUT2D eigenvalue weighted by molar-refractivity contribution is 5.88. The van der Waals surface area contributed by atoms with E-state index in [2.05, 4.69) is 63.8 Å². The number of fused-ring (bicyclic) bond motifs is 2. The topological polar surface area (TPSA) is 64.1 Å². The van der Waals surface area contributed by atoms with Crippen molar-refractivity contribution in [2.75, 3.05) is 11.9 Å². The van der Waals surface area contributed by atoms with Crippen LogP contribution in [0.2, 0.25) is 0 Å². The molecule has 0 saturated heterocycles.